The van der Waals surface area contributed by atoms with E-state index in [1.165, 1.54) is 56.9 Å². The van der Waals surface area contributed by atoms with Crippen LogP contribution in [-0.4, -0.2) is 93.8 Å². The first-order chi connectivity index (χ1) is 24.3. The molecule has 1 amide bonds. The first-order valence-corrected chi connectivity index (χ1v) is 21.2. The van der Waals surface area contributed by atoms with Crippen LogP contribution in [0.25, 0.3) is 0 Å². The lowest BCUT2D eigenvalue weighted by Crippen LogP contribution is -2.57. The number of allylic oxidation sites excluding steroid dienone is 1. The van der Waals surface area contributed by atoms with Crippen molar-refractivity contribution in [1.29, 1.82) is 0 Å². The summed E-state index contributed by atoms with van der Waals surface area (Å²) in [5.74, 6) is 5.54. The molecule has 3 saturated carbocycles. The Balaban J connectivity index is 1.01. The number of thioether (sulfide) groups is 1. The molecule has 0 bridgehead atoms. The molecule has 1 aliphatic heterocycles. The van der Waals surface area contributed by atoms with E-state index in [4.69, 9.17) is 15.2 Å². The Bertz CT molecular complexity index is 1220. The molecule has 5 rings (SSSR count). The Morgan fingerprint density at radius 3 is 2.57 bits per heavy atom. The minimum atomic E-state index is -1.41. The zero-order chi connectivity index (χ0) is 36.9. The van der Waals surface area contributed by atoms with Gasteiger partial charge in [-0.25, -0.2) is 4.79 Å². The van der Waals surface area contributed by atoms with Gasteiger partial charge >= 0.3 is 6.09 Å². The van der Waals surface area contributed by atoms with Crippen LogP contribution in [0.5, 0.6) is 0 Å². The number of aliphatic imine (C=N–C) groups is 1. The molecule has 51 heavy (non-hydrogen) atoms. The molecule has 292 valence electrons. The number of hydrogen-bond acceptors (Lipinski definition) is 9. The number of amidine groups is 1. The highest BCUT2D eigenvalue weighted by Crippen LogP contribution is 2.67. The molecule has 0 spiro atoms. The Morgan fingerprint density at radius 1 is 1.04 bits per heavy atom. The van der Waals surface area contributed by atoms with Gasteiger partial charge in [-0.3, -0.25) is 4.99 Å². The van der Waals surface area contributed by atoms with Crippen LogP contribution < -0.4 is 11.1 Å². The van der Waals surface area contributed by atoms with Crippen molar-refractivity contribution in [3.05, 3.63) is 11.6 Å². The predicted octanol–water partition coefficient (Wildman–Crippen LogP) is 5.79. The zero-order valence-electron chi connectivity index (χ0n) is 32.0. The minimum Gasteiger partial charge on any atom is -0.446 e. The Kier molecular flexibility index (Phi) is 14.3. The summed E-state index contributed by atoms with van der Waals surface area (Å²) >= 11 is 1.16. The fourth-order valence-corrected chi connectivity index (χ4v) is 12.0. The maximum atomic E-state index is 12.7. The van der Waals surface area contributed by atoms with Crippen molar-refractivity contribution < 1.29 is 34.7 Å². The zero-order valence-corrected chi connectivity index (χ0v) is 32.8. The summed E-state index contributed by atoms with van der Waals surface area (Å²) in [6.45, 7) is 13.0. The third-order valence-electron chi connectivity index (χ3n) is 13.9. The number of hydrogen-bond donors (Lipinski definition) is 6. The standard InChI is InChI=1S/C40H69N3O7S/c1-24(2)9-8-10-25(3)29-13-14-30-28-12-11-26-21-27(15-17-39(26,4)31(28)16-18-40(29,30)5)49-38(48)43-20-7-6-19-42-33(41)23-51-37-36(47)35(46)34(45)32(22-44)50-37/h11,24-25,27-32,34-37,44-47H,6-10,12-23H2,1-5H3,(H2,41,42)(H,43,48)/t25-,27?,28+,29-,30+,31+,32-,34-,35+,36+,37+,39+,40-/m1/s1. The maximum absolute atomic E-state index is 12.7. The summed E-state index contributed by atoms with van der Waals surface area (Å²) in [7, 11) is 0. The Labute approximate surface area is 311 Å². The van der Waals surface area contributed by atoms with Crippen LogP contribution in [0.1, 0.15) is 118 Å². The van der Waals surface area contributed by atoms with Crippen molar-refractivity contribution >= 4 is 23.7 Å². The largest absolute Gasteiger partial charge is 0.446 e. The summed E-state index contributed by atoms with van der Waals surface area (Å²) in [5, 5.41) is 42.3. The normalized spacial score (nSPS) is 40.2. The second-order valence-electron chi connectivity index (χ2n) is 17.6. The van der Waals surface area contributed by atoms with Crippen molar-refractivity contribution in [1.82, 2.24) is 5.32 Å². The number of carbonyl (C=O) groups is 1. The van der Waals surface area contributed by atoms with Crippen molar-refractivity contribution in [3.8, 4) is 0 Å². The third kappa shape index (κ3) is 9.30. The van der Waals surface area contributed by atoms with Crippen molar-refractivity contribution in [2.24, 2.45) is 57.1 Å². The van der Waals surface area contributed by atoms with Gasteiger partial charge in [-0.2, -0.15) is 0 Å². The quantitative estimate of drug-likeness (QED) is 0.0528. The fourth-order valence-electron chi connectivity index (χ4n) is 11.0. The van der Waals surface area contributed by atoms with Crippen molar-refractivity contribution in [2.75, 3.05) is 25.4 Å². The molecule has 5 aliphatic rings. The SMILES string of the molecule is CC(C)CCC[C@@H](C)[C@H]1CC[C@H]2[C@@H]3CC=C4CC(OC(=O)NCCCCN=C(N)CS[C@@H]5O[C@H](CO)[C@@H](O)[C@H](O)[C@@H]5O)CC[C@]4(C)[C@H]3CC[C@]12C. The molecule has 0 aromatic rings. The van der Waals surface area contributed by atoms with Gasteiger partial charge in [-0.1, -0.05) is 65.5 Å². The Hall–Kier alpha value is -1.37. The van der Waals surface area contributed by atoms with Crippen LogP contribution in [0.4, 0.5) is 4.79 Å². The third-order valence-corrected chi connectivity index (χ3v) is 15.1. The number of alkyl carbamates (subject to hydrolysis) is 1. The molecule has 4 fully saturated rings. The summed E-state index contributed by atoms with van der Waals surface area (Å²) < 4.78 is 11.4. The molecule has 13 atom stereocenters. The topological polar surface area (TPSA) is 167 Å². The number of unbranched alkanes of at least 4 members (excludes halogenated alkanes) is 1. The second-order valence-corrected chi connectivity index (χ2v) is 18.7. The fraction of sp³-hybridized carbons (Fsp3) is 0.900. The number of nitrogens with one attached hydrogen (secondary N) is 1. The highest BCUT2D eigenvalue weighted by atomic mass is 32.2. The molecule has 0 aromatic carbocycles. The van der Waals surface area contributed by atoms with Crippen LogP contribution >= 0.6 is 11.8 Å². The van der Waals surface area contributed by atoms with E-state index in [9.17, 15) is 25.2 Å². The molecule has 4 aliphatic carbocycles. The molecule has 1 saturated heterocycles. The number of ether oxygens (including phenoxy) is 2. The van der Waals surface area contributed by atoms with Crippen molar-refractivity contribution in [2.45, 2.75) is 154 Å². The summed E-state index contributed by atoms with van der Waals surface area (Å²) in [5.41, 5.74) is 7.45. The van der Waals surface area contributed by atoms with E-state index in [1.807, 2.05) is 0 Å². The molecule has 11 heteroatoms. The van der Waals surface area contributed by atoms with E-state index in [-0.39, 0.29) is 23.4 Å². The highest BCUT2D eigenvalue weighted by molar-refractivity contribution is 8.00. The van der Waals surface area contributed by atoms with Gasteiger partial charge in [0.2, 0.25) is 0 Å². The molecule has 7 N–H and O–H groups in total. The van der Waals surface area contributed by atoms with E-state index in [0.29, 0.717) is 24.3 Å². The average molecular weight is 736 g/mol. The first kappa shape index (κ1) is 40.8. The van der Waals surface area contributed by atoms with Crippen LogP contribution in [0.15, 0.2) is 16.6 Å². The number of fused-ring (bicyclic) bond motifs is 5. The Morgan fingerprint density at radius 2 is 1.82 bits per heavy atom. The van der Waals surface area contributed by atoms with Crippen LogP contribution in [0.2, 0.25) is 0 Å². The number of nitrogens with two attached hydrogens (primary N) is 1. The second kappa shape index (κ2) is 17.8. The van der Waals surface area contributed by atoms with Crippen molar-refractivity contribution in [3.63, 3.8) is 0 Å². The number of aliphatic hydroxyl groups is 4. The number of carbonyl (C=O) groups excluding carboxylic acids is 1. The van der Waals surface area contributed by atoms with Gasteiger partial charge in [-0.05, 0) is 104 Å². The van der Waals surface area contributed by atoms with E-state index in [2.05, 4.69) is 51.0 Å². The average Bonchev–Trinajstić information content (AvgIpc) is 3.45. The van der Waals surface area contributed by atoms with Gasteiger partial charge in [0, 0.05) is 19.5 Å². The van der Waals surface area contributed by atoms with Gasteiger partial charge in [0.05, 0.1) is 12.4 Å². The number of amides is 1. The van der Waals surface area contributed by atoms with Gasteiger partial charge in [0.1, 0.15) is 41.8 Å². The molecule has 1 heterocycles. The molecule has 0 aromatic heterocycles. The smallest absolute Gasteiger partial charge is 0.407 e. The maximum Gasteiger partial charge on any atom is 0.407 e. The molecule has 10 nitrogen and oxygen atoms in total. The minimum absolute atomic E-state index is 0.0668. The van der Waals surface area contributed by atoms with Crippen LogP contribution in [0.3, 0.4) is 0 Å². The molecule has 0 radical (unpaired) electrons. The summed E-state index contributed by atoms with van der Waals surface area (Å²) in [6, 6.07) is 0. The lowest BCUT2D eigenvalue weighted by atomic mass is 9.47. The lowest BCUT2D eigenvalue weighted by Gasteiger charge is -2.58. The van der Waals surface area contributed by atoms with Crippen LogP contribution in [0, 0.1) is 46.3 Å². The monoisotopic (exact) mass is 735 g/mol. The number of aliphatic hydroxyl groups excluding tert-OH is 4. The highest BCUT2D eigenvalue weighted by Gasteiger charge is 2.59. The molecular formula is C40H69N3O7S. The van der Waals surface area contributed by atoms with Gasteiger partial charge in [0.25, 0.3) is 0 Å². The lowest BCUT2D eigenvalue weighted by molar-refractivity contribution is -0.205. The van der Waals surface area contributed by atoms with E-state index >= 15 is 0 Å². The van der Waals surface area contributed by atoms with E-state index in [1.54, 1.807) is 0 Å². The van der Waals surface area contributed by atoms with E-state index in [0.717, 1.165) is 79.4 Å². The first-order valence-electron chi connectivity index (χ1n) is 20.1. The van der Waals surface area contributed by atoms with E-state index < -0.39 is 36.5 Å². The number of nitrogens with zero attached hydrogens (tertiary/aromatic N) is 1. The van der Waals surface area contributed by atoms with Gasteiger partial charge in [0.15, 0.2) is 0 Å². The number of rotatable bonds is 15. The van der Waals surface area contributed by atoms with Crippen LogP contribution in [-0.2, 0) is 9.47 Å². The van der Waals surface area contributed by atoms with Gasteiger partial charge < -0.3 is 41.0 Å². The summed E-state index contributed by atoms with van der Waals surface area (Å²) in [6.07, 6.45) is 12.3. The van der Waals surface area contributed by atoms with Gasteiger partial charge in [-0.15, -0.1) is 11.8 Å². The molecule has 1 unspecified atom stereocenters. The summed E-state index contributed by atoms with van der Waals surface area (Å²) in [4.78, 5) is 17.1. The molecular weight excluding hydrogens is 667 g/mol. The predicted molar refractivity (Wildman–Crippen MR) is 203 cm³/mol.